The molecule has 8 heteroatoms. The van der Waals surface area contributed by atoms with Crippen LogP contribution in [-0.4, -0.2) is 35.9 Å². The molecule has 1 aliphatic heterocycles. The van der Waals surface area contributed by atoms with Crippen molar-refractivity contribution in [1.82, 2.24) is 4.98 Å². The molecule has 0 saturated carbocycles. The van der Waals surface area contributed by atoms with Gasteiger partial charge in [0.05, 0.1) is 12.3 Å². The van der Waals surface area contributed by atoms with E-state index < -0.39 is 5.97 Å². The Kier molecular flexibility index (Phi) is 6.77. The van der Waals surface area contributed by atoms with Crippen LogP contribution < -0.4 is 9.64 Å². The molecule has 0 saturated heterocycles. The number of hydrogen-bond acceptors (Lipinski definition) is 7. The van der Waals surface area contributed by atoms with Gasteiger partial charge in [-0.15, -0.1) is 11.3 Å². The number of amides is 1. The van der Waals surface area contributed by atoms with Gasteiger partial charge in [-0.05, 0) is 43.7 Å². The first-order chi connectivity index (χ1) is 14.0. The molecule has 29 heavy (non-hydrogen) atoms. The van der Waals surface area contributed by atoms with Gasteiger partial charge in [-0.1, -0.05) is 13.3 Å². The Morgan fingerprint density at radius 2 is 2.03 bits per heavy atom. The van der Waals surface area contributed by atoms with E-state index in [9.17, 15) is 9.59 Å². The van der Waals surface area contributed by atoms with Crippen LogP contribution in [0.1, 0.15) is 44.9 Å². The van der Waals surface area contributed by atoms with Crippen molar-refractivity contribution in [2.75, 3.05) is 18.1 Å². The number of cyclic esters (lactones) is 1. The predicted molar refractivity (Wildman–Crippen MR) is 113 cm³/mol. The standard InChI is InChI=1S/C21H23N3O4S/c1-4-6-11-27-17-9-7-15(8-10-17)19-23-18(20(26)28-19)12-16-13-29-21(22-16)24(5-2)14(3)25/h7-10,12-13H,4-6,11H2,1-3H3/b18-12-. The summed E-state index contributed by atoms with van der Waals surface area (Å²) in [6.07, 6.45) is 3.64. The highest BCUT2D eigenvalue weighted by Gasteiger charge is 2.25. The highest BCUT2D eigenvalue weighted by molar-refractivity contribution is 7.14. The molecule has 1 aromatic carbocycles. The molecule has 0 unspecified atom stereocenters. The Bertz CT molecular complexity index is 947. The molecule has 0 bridgehead atoms. The largest absolute Gasteiger partial charge is 0.494 e. The number of aliphatic imine (C=N–C) groups is 1. The third kappa shape index (κ3) is 5.08. The first kappa shape index (κ1) is 20.7. The second kappa shape index (κ2) is 9.47. The summed E-state index contributed by atoms with van der Waals surface area (Å²) in [6, 6.07) is 7.28. The summed E-state index contributed by atoms with van der Waals surface area (Å²) in [5.74, 6) is 0.403. The lowest BCUT2D eigenvalue weighted by atomic mass is 10.2. The van der Waals surface area contributed by atoms with E-state index in [0.29, 0.717) is 29.5 Å². The van der Waals surface area contributed by atoms with Crippen molar-refractivity contribution in [3.8, 4) is 5.75 Å². The molecule has 0 atom stereocenters. The maximum atomic E-state index is 12.2. The van der Waals surface area contributed by atoms with Crippen molar-refractivity contribution in [3.63, 3.8) is 0 Å². The van der Waals surface area contributed by atoms with Crippen LogP contribution in [-0.2, 0) is 14.3 Å². The minimum atomic E-state index is -0.531. The lowest BCUT2D eigenvalue weighted by Gasteiger charge is -2.14. The molecule has 0 radical (unpaired) electrons. The van der Waals surface area contributed by atoms with Gasteiger partial charge < -0.3 is 9.47 Å². The molecular formula is C21H23N3O4S. The minimum absolute atomic E-state index is 0.0799. The van der Waals surface area contributed by atoms with Crippen LogP contribution in [0.5, 0.6) is 5.75 Å². The van der Waals surface area contributed by atoms with Gasteiger partial charge >= 0.3 is 5.97 Å². The first-order valence-corrected chi connectivity index (χ1v) is 10.4. The Morgan fingerprint density at radius 1 is 1.28 bits per heavy atom. The summed E-state index contributed by atoms with van der Waals surface area (Å²) < 4.78 is 10.9. The molecule has 1 amide bonds. The Balaban J connectivity index is 1.74. The fourth-order valence-corrected chi connectivity index (χ4v) is 3.55. The molecule has 0 N–H and O–H groups in total. The number of rotatable bonds is 8. The number of nitrogens with zero attached hydrogens (tertiary/aromatic N) is 3. The fraction of sp³-hybridized carbons (Fsp3) is 0.333. The van der Waals surface area contributed by atoms with E-state index in [-0.39, 0.29) is 17.5 Å². The summed E-state index contributed by atoms with van der Waals surface area (Å²) in [7, 11) is 0. The van der Waals surface area contributed by atoms with Crippen molar-refractivity contribution in [3.05, 3.63) is 46.6 Å². The SMILES string of the molecule is CCCCOc1ccc(C2=N/C(=C\c3csc(N(CC)C(C)=O)n3)C(=O)O2)cc1. The number of esters is 1. The molecule has 0 spiro atoms. The zero-order chi connectivity index (χ0) is 20.8. The molecule has 0 fully saturated rings. The van der Waals surface area contributed by atoms with Crippen molar-refractivity contribution in [2.24, 2.45) is 4.99 Å². The average Bonchev–Trinajstić information content (AvgIpc) is 3.30. The van der Waals surface area contributed by atoms with E-state index in [2.05, 4.69) is 16.9 Å². The number of unbranched alkanes of at least 4 members (excludes halogenated alkanes) is 1. The van der Waals surface area contributed by atoms with E-state index in [1.807, 2.05) is 31.2 Å². The van der Waals surface area contributed by atoms with Crippen LogP contribution in [0.3, 0.4) is 0 Å². The van der Waals surface area contributed by atoms with E-state index >= 15 is 0 Å². The summed E-state index contributed by atoms with van der Waals surface area (Å²) >= 11 is 1.34. The number of anilines is 1. The van der Waals surface area contributed by atoms with E-state index in [1.54, 1.807) is 16.4 Å². The van der Waals surface area contributed by atoms with Crippen LogP contribution in [0.25, 0.3) is 6.08 Å². The van der Waals surface area contributed by atoms with Gasteiger partial charge in [0.1, 0.15) is 5.75 Å². The third-order valence-electron chi connectivity index (χ3n) is 4.21. The van der Waals surface area contributed by atoms with Gasteiger partial charge in [-0.2, -0.15) is 0 Å². The van der Waals surface area contributed by atoms with Crippen molar-refractivity contribution in [1.29, 1.82) is 0 Å². The quantitative estimate of drug-likeness (QED) is 0.371. The monoisotopic (exact) mass is 413 g/mol. The maximum absolute atomic E-state index is 12.2. The van der Waals surface area contributed by atoms with Gasteiger partial charge in [-0.25, -0.2) is 14.8 Å². The van der Waals surface area contributed by atoms with E-state index in [4.69, 9.17) is 9.47 Å². The molecule has 1 aliphatic rings. The third-order valence-corrected chi connectivity index (χ3v) is 5.09. The van der Waals surface area contributed by atoms with Crippen molar-refractivity contribution < 1.29 is 19.1 Å². The number of aromatic nitrogens is 1. The van der Waals surface area contributed by atoms with Crippen molar-refractivity contribution >= 4 is 40.3 Å². The maximum Gasteiger partial charge on any atom is 0.363 e. The number of carbonyl (C=O) groups is 2. The van der Waals surface area contributed by atoms with Crippen LogP contribution in [0.4, 0.5) is 5.13 Å². The number of thiazole rings is 1. The van der Waals surface area contributed by atoms with Crippen LogP contribution in [0.2, 0.25) is 0 Å². The lowest BCUT2D eigenvalue weighted by molar-refractivity contribution is -0.130. The molecule has 1 aromatic heterocycles. The molecule has 7 nitrogen and oxygen atoms in total. The average molecular weight is 413 g/mol. The molecule has 0 aliphatic carbocycles. The minimum Gasteiger partial charge on any atom is -0.494 e. The zero-order valence-electron chi connectivity index (χ0n) is 16.7. The summed E-state index contributed by atoms with van der Waals surface area (Å²) in [6.45, 7) is 6.69. The fourth-order valence-electron chi connectivity index (χ4n) is 2.66. The van der Waals surface area contributed by atoms with Crippen LogP contribution in [0.15, 0.2) is 40.3 Å². The number of benzene rings is 1. The normalized spacial score (nSPS) is 14.7. The van der Waals surface area contributed by atoms with E-state index in [1.165, 1.54) is 18.3 Å². The zero-order valence-corrected chi connectivity index (χ0v) is 17.5. The number of carbonyl (C=O) groups excluding carboxylic acids is 2. The van der Waals surface area contributed by atoms with Gasteiger partial charge in [-0.3, -0.25) is 9.69 Å². The Hall–Kier alpha value is -3.00. The predicted octanol–water partition coefficient (Wildman–Crippen LogP) is 4.04. The highest BCUT2D eigenvalue weighted by Crippen LogP contribution is 2.25. The van der Waals surface area contributed by atoms with Gasteiger partial charge in [0.25, 0.3) is 0 Å². The van der Waals surface area contributed by atoms with Crippen molar-refractivity contribution in [2.45, 2.75) is 33.6 Å². The molecule has 2 aromatic rings. The summed E-state index contributed by atoms with van der Waals surface area (Å²) in [5, 5.41) is 2.36. The van der Waals surface area contributed by atoms with Gasteiger partial charge in [0.2, 0.25) is 11.8 Å². The van der Waals surface area contributed by atoms with E-state index in [0.717, 1.165) is 18.6 Å². The second-order valence-electron chi connectivity index (χ2n) is 6.38. The van der Waals surface area contributed by atoms with Gasteiger partial charge in [0.15, 0.2) is 10.8 Å². The number of ether oxygens (including phenoxy) is 2. The van der Waals surface area contributed by atoms with Gasteiger partial charge in [0, 0.05) is 24.4 Å². The Morgan fingerprint density at radius 3 is 2.69 bits per heavy atom. The summed E-state index contributed by atoms with van der Waals surface area (Å²) in [4.78, 5) is 34.1. The molecule has 3 rings (SSSR count). The smallest absolute Gasteiger partial charge is 0.363 e. The second-order valence-corrected chi connectivity index (χ2v) is 7.22. The lowest BCUT2D eigenvalue weighted by Crippen LogP contribution is -2.27. The first-order valence-electron chi connectivity index (χ1n) is 9.51. The Labute approximate surface area is 173 Å². The summed E-state index contributed by atoms with van der Waals surface area (Å²) in [5.41, 5.74) is 1.42. The van der Waals surface area contributed by atoms with Crippen LogP contribution in [0, 0.1) is 0 Å². The topological polar surface area (TPSA) is 81.1 Å². The molecule has 152 valence electrons. The molecular weight excluding hydrogens is 390 g/mol. The highest BCUT2D eigenvalue weighted by atomic mass is 32.1. The van der Waals surface area contributed by atoms with Crippen LogP contribution >= 0.6 is 11.3 Å². The number of hydrogen-bond donors (Lipinski definition) is 0. The molecule has 2 heterocycles.